The third kappa shape index (κ3) is 7.02. The van der Waals surface area contributed by atoms with E-state index in [1.807, 2.05) is 0 Å². The van der Waals surface area contributed by atoms with Gasteiger partial charge in [0.25, 0.3) is 0 Å². The van der Waals surface area contributed by atoms with E-state index in [0.717, 1.165) is 0 Å². The third-order valence-corrected chi connectivity index (χ3v) is 4.53. The van der Waals surface area contributed by atoms with Crippen LogP contribution in [-0.2, 0) is 10.1 Å². The number of alkyl halides is 9. The fourth-order valence-corrected chi connectivity index (χ4v) is 2.31. The first-order chi connectivity index (χ1) is 12.9. The van der Waals surface area contributed by atoms with E-state index in [9.17, 15) is 47.9 Å². The number of rotatable bonds is 12. The van der Waals surface area contributed by atoms with E-state index in [2.05, 4.69) is 6.58 Å². The van der Waals surface area contributed by atoms with Crippen molar-refractivity contribution in [2.45, 2.75) is 74.6 Å². The standard InChI is InChI=1S/C12H17F9O3S.C3H7N/c1-2-3-4-5-6-7-8(13)9(14,15)10(16,17)11(18,19)12(20,21)25(22,23)24;1-2-3-4/h8H,2-7H2,1H3,(H,22,23,24);2H,1,3-4H2. The van der Waals surface area contributed by atoms with Gasteiger partial charge < -0.3 is 5.73 Å². The van der Waals surface area contributed by atoms with Gasteiger partial charge in [0.2, 0.25) is 0 Å². The molecular weight excluding hydrogens is 445 g/mol. The van der Waals surface area contributed by atoms with E-state index >= 15 is 0 Å². The molecule has 0 amide bonds. The number of halogens is 9. The molecule has 29 heavy (non-hydrogen) atoms. The zero-order chi connectivity index (χ0) is 23.7. The molecule has 0 aliphatic rings. The molecule has 0 bridgehead atoms. The van der Waals surface area contributed by atoms with Crippen molar-refractivity contribution in [1.82, 2.24) is 0 Å². The van der Waals surface area contributed by atoms with Gasteiger partial charge in [0.05, 0.1) is 0 Å². The van der Waals surface area contributed by atoms with Crippen molar-refractivity contribution in [2.75, 3.05) is 6.54 Å². The van der Waals surface area contributed by atoms with Crippen LogP contribution in [0.5, 0.6) is 0 Å². The summed E-state index contributed by atoms with van der Waals surface area (Å²) in [5, 5.41) is -6.95. The maximum absolute atomic E-state index is 13.4. The van der Waals surface area contributed by atoms with Gasteiger partial charge in [0.1, 0.15) is 0 Å². The van der Waals surface area contributed by atoms with Gasteiger partial charge in [0.15, 0.2) is 6.17 Å². The van der Waals surface area contributed by atoms with Crippen molar-refractivity contribution < 1.29 is 52.5 Å². The van der Waals surface area contributed by atoms with E-state index in [0.29, 0.717) is 25.8 Å². The Kier molecular flexibility index (Phi) is 11.9. The molecule has 0 aromatic heterocycles. The minimum atomic E-state index is -7.26. The summed E-state index contributed by atoms with van der Waals surface area (Å²) in [5.74, 6) is -20.6. The first-order valence-corrected chi connectivity index (χ1v) is 9.77. The molecule has 0 aromatic carbocycles. The Balaban J connectivity index is 0. The van der Waals surface area contributed by atoms with Crippen molar-refractivity contribution in [3.05, 3.63) is 12.7 Å². The third-order valence-electron chi connectivity index (χ3n) is 3.62. The average molecular weight is 469 g/mol. The highest BCUT2D eigenvalue weighted by molar-refractivity contribution is 7.87. The minimum Gasteiger partial charge on any atom is -0.327 e. The van der Waals surface area contributed by atoms with Crippen LogP contribution < -0.4 is 5.73 Å². The van der Waals surface area contributed by atoms with Crippen LogP contribution in [0.15, 0.2) is 12.7 Å². The second-order valence-corrected chi connectivity index (χ2v) is 7.42. The summed E-state index contributed by atoms with van der Waals surface area (Å²) in [6.07, 6.45) is -2.10. The van der Waals surface area contributed by atoms with Crippen molar-refractivity contribution in [3.8, 4) is 0 Å². The highest BCUT2D eigenvalue weighted by Gasteiger charge is 2.85. The second-order valence-electron chi connectivity index (χ2n) is 5.96. The minimum absolute atomic E-state index is 0.119. The molecule has 0 aliphatic carbocycles. The Hall–Kier alpha value is -1.02. The van der Waals surface area contributed by atoms with Crippen LogP contribution in [0.4, 0.5) is 39.5 Å². The molecule has 14 heteroatoms. The summed E-state index contributed by atoms with van der Waals surface area (Å²) < 4.78 is 147. The lowest BCUT2D eigenvalue weighted by atomic mass is 9.96. The van der Waals surface area contributed by atoms with Gasteiger partial charge >= 0.3 is 33.1 Å². The van der Waals surface area contributed by atoms with Crippen LogP contribution in [0.3, 0.4) is 0 Å². The van der Waals surface area contributed by atoms with Gasteiger partial charge in [-0.25, -0.2) is 4.39 Å². The number of hydrogen-bond acceptors (Lipinski definition) is 3. The molecule has 176 valence electrons. The molecule has 0 saturated carbocycles. The predicted molar refractivity (Wildman–Crippen MR) is 88.9 cm³/mol. The summed E-state index contributed by atoms with van der Waals surface area (Å²) >= 11 is 0. The fraction of sp³-hybridized carbons (Fsp3) is 0.867. The van der Waals surface area contributed by atoms with E-state index in [4.69, 9.17) is 10.3 Å². The van der Waals surface area contributed by atoms with Crippen molar-refractivity contribution in [1.29, 1.82) is 0 Å². The highest BCUT2D eigenvalue weighted by atomic mass is 32.2. The molecule has 1 atom stereocenters. The quantitative estimate of drug-likeness (QED) is 0.178. The van der Waals surface area contributed by atoms with E-state index < -0.39 is 52.2 Å². The van der Waals surface area contributed by atoms with Gasteiger partial charge in [-0.3, -0.25) is 4.55 Å². The number of hydrogen-bond donors (Lipinski definition) is 2. The summed E-state index contributed by atoms with van der Waals surface area (Å²) in [5.41, 5.74) is 4.91. The Morgan fingerprint density at radius 3 is 1.72 bits per heavy atom. The maximum atomic E-state index is 13.4. The molecule has 0 aromatic rings. The summed E-state index contributed by atoms with van der Waals surface area (Å²) in [4.78, 5) is 0. The molecule has 0 radical (unpaired) electrons. The normalized spacial score (nSPS) is 14.8. The molecule has 4 nitrogen and oxygen atoms in total. The summed E-state index contributed by atoms with van der Waals surface area (Å²) in [6, 6.07) is 0. The van der Waals surface area contributed by atoms with Crippen LogP contribution in [-0.4, -0.2) is 48.7 Å². The number of nitrogens with two attached hydrogens (primary N) is 1. The zero-order valence-corrected chi connectivity index (χ0v) is 16.3. The smallest absolute Gasteiger partial charge is 0.327 e. The first-order valence-electron chi connectivity index (χ1n) is 8.33. The Morgan fingerprint density at radius 1 is 0.966 bits per heavy atom. The van der Waals surface area contributed by atoms with Gasteiger partial charge in [-0.2, -0.15) is 43.5 Å². The predicted octanol–water partition coefficient (Wildman–Crippen LogP) is 5.20. The van der Waals surface area contributed by atoms with Crippen molar-refractivity contribution in [2.24, 2.45) is 5.73 Å². The van der Waals surface area contributed by atoms with Crippen LogP contribution in [0, 0.1) is 0 Å². The van der Waals surface area contributed by atoms with E-state index in [1.165, 1.54) is 0 Å². The lowest BCUT2D eigenvalue weighted by molar-refractivity contribution is -0.359. The molecule has 0 rings (SSSR count). The Labute approximate surface area is 163 Å². The summed E-state index contributed by atoms with van der Waals surface area (Å²) in [6.45, 7) is 5.72. The van der Waals surface area contributed by atoms with Crippen molar-refractivity contribution >= 4 is 10.1 Å². The lowest BCUT2D eigenvalue weighted by Crippen LogP contribution is -2.66. The average Bonchev–Trinajstić information content (AvgIpc) is 2.59. The van der Waals surface area contributed by atoms with Crippen LogP contribution in [0.2, 0.25) is 0 Å². The van der Waals surface area contributed by atoms with Crippen LogP contribution >= 0.6 is 0 Å². The molecule has 0 spiro atoms. The molecule has 0 heterocycles. The van der Waals surface area contributed by atoms with E-state index in [-0.39, 0.29) is 6.42 Å². The molecular formula is C15H24F9NO3S. The monoisotopic (exact) mass is 469 g/mol. The molecule has 0 fully saturated rings. The maximum Gasteiger partial charge on any atom is 0.438 e. The van der Waals surface area contributed by atoms with Gasteiger partial charge in [0, 0.05) is 6.54 Å². The van der Waals surface area contributed by atoms with E-state index in [1.54, 1.807) is 13.0 Å². The number of unbranched alkanes of at least 4 members (excludes halogenated alkanes) is 4. The van der Waals surface area contributed by atoms with Crippen molar-refractivity contribution in [3.63, 3.8) is 0 Å². The molecule has 1 unspecified atom stereocenters. The van der Waals surface area contributed by atoms with Gasteiger partial charge in [-0.05, 0) is 6.42 Å². The second kappa shape index (κ2) is 11.4. The first kappa shape index (κ1) is 30.2. The Morgan fingerprint density at radius 2 is 1.38 bits per heavy atom. The van der Waals surface area contributed by atoms with Crippen LogP contribution in [0.1, 0.15) is 45.4 Å². The lowest BCUT2D eigenvalue weighted by Gasteiger charge is -2.36. The highest BCUT2D eigenvalue weighted by Crippen LogP contribution is 2.55. The van der Waals surface area contributed by atoms with Gasteiger partial charge in [-0.15, -0.1) is 6.58 Å². The van der Waals surface area contributed by atoms with Crippen LogP contribution in [0.25, 0.3) is 0 Å². The molecule has 0 aliphatic heterocycles. The topological polar surface area (TPSA) is 80.4 Å². The molecule has 0 saturated heterocycles. The zero-order valence-electron chi connectivity index (χ0n) is 15.5. The largest absolute Gasteiger partial charge is 0.438 e. The summed E-state index contributed by atoms with van der Waals surface area (Å²) in [7, 11) is -7.18. The SMILES string of the molecule is C=CCN.CCCCCCCC(F)C(F)(F)C(F)(F)C(F)(F)C(F)(F)S(=O)(=O)O. The molecule has 3 N–H and O–H groups in total. The Bertz CT molecular complexity index is 598. The van der Waals surface area contributed by atoms with Gasteiger partial charge in [-0.1, -0.05) is 45.1 Å². The fourth-order valence-electron chi connectivity index (χ4n) is 1.86.